The second kappa shape index (κ2) is 5.90. The summed E-state index contributed by atoms with van der Waals surface area (Å²) < 4.78 is 0. The quantitative estimate of drug-likeness (QED) is 0.847. The van der Waals surface area contributed by atoms with Gasteiger partial charge in [0.2, 0.25) is 0 Å². The lowest BCUT2D eigenvalue weighted by molar-refractivity contribution is 0.206. The van der Waals surface area contributed by atoms with Crippen molar-refractivity contribution in [3.63, 3.8) is 0 Å². The molecule has 0 aliphatic carbocycles. The van der Waals surface area contributed by atoms with Gasteiger partial charge in [-0.1, -0.05) is 41.9 Å². The summed E-state index contributed by atoms with van der Waals surface area (Å²) >= 11 is 6.33. The van der Waals surface area contributed by atoms with Crippen molar-refractivity contribution in [3.8, 4) is 0 Å². The first-order chi connectivity index (χ1) is 10.8. The average molecular weight is 314 g/mol. The molecule has 1 aromatic heterocycles. The van der Waals surface area contributed by atoms with Gasteiger partial charge in [0.15, 0.2) is 0 Å². The molecule has 3 heterocycles. The highest BCUT2D eigenvalue weighted by atomic mass is 35.5. The van der Waals surface area contributed by atoms with E-state index in [2.05, 4.69) is 45.1 Å². The van der Waals surface area contributed by atoms with Crippen molar-refractivity contribution in [2.45, 2.75) is 25.4 Å². The van der Waals surface area contributed by atoms with Crippen molar-refractivity contribution < 1.29 is 0 Å². The molecule has 0 bridgehead atoms. The van der Waals surface area contributed by atoms with Gasteiger partial charge in [0, 0.05) is 49.0 Å². The van der Waals surface area contributed by atoms with Gasteiger partial charge in [0.25, 0.3) is 0 Å². The number of fused-ring (bicyclic) bond motifs is 3. The number of halogens is 1. The summed E-state index contributed by atoms with van der Waals surface area (Å²) in [4.78, 5) is 9.62. The smallest absolute Gasteiger partial charge is 0.133 e. The van der Waals surface area contributed by atoms with Gasteiger partial charge >= 0.3 is 0 Å². The maximum Gasteiger partial charge on any atom is 0.133 e. The van der Waals surface area contributed by atoms with Crippen molar-refractivity contribution >= 4 is 17.4 Å². The number of pyridine rings is 1. The first-order valence-electron chi connectivity index (χ1n) is 7.97. The molecule has 0 radical (unpaired) electrons. The van der Waals surface area contributed by atoms with E-state index in [4.69, 9.17) is 11.6 Å². The van der Waals surface area contributed by atoms with Crippen LogP contribution in [-0.4, -0.2) is 35.6 Å². The zero-order valence-corrected chi connectivity index (χ0v) is 13.3. The van der Waals surface area contributed by atoms with Gasteiger partial charge in [-0.2, -0.15) is 0 Å². The number of hydrogen-bond acceptors (Lipinski definition) is 3. The van der Waals surface area contributed by atoms with Crippen molar-refractivity contribution in [1.29, 1.82) is 0 Å². The number of benzene rings is 1. The summed E-state index contributed by atoms with van der Waals surface area (Å²) in [7, 11) is 0. The Bertz CT molecular complexity index is 659. The Kier molecular flexibility index (Phi) is 3.77. The number of rotatable bonds is 2. The summed E-state index contributed by atoms with van der Waals surface area (Å²) in [5.41, 5.74) is 2.63. The van der Waals surface area contributed by atoms with Crippen molar-refractivity contribution in [3.05, 3.63) is 58.7 Å². The van der Waals surface area contributed by atoms with E-state index in [1.54, 1.807) is 0 Å². The van der Waals surface area contributed by atoms with E-state index in [1.165, 1.54) is 17.5 Å². The summed E-state index contributed by atoms with van der Waals surface area (Å²) in [6.45, 7) is 4.28. The molecule has 1 atom stereocenters. The number of nitrogens with zero attached hydrogens (tertiary/aromatic N) is 3. The Balaban J connectivity index is 1.50. The fourth-order valence-corrected chi connectivity index (χ4v) is 3.91. The third-order valence-corrected chi connectivity index (χ3v) is 5.15. The lowest BCUT2D eigenvalue weighted by Gasteiger charge is -2.45. The molecule has 1 fully saturated rings. The number of aromatic nitrogens is 1. The molecule has 0 saturated carbocycles. The molecular formula is C18H20ClN3. The fraction of sp³-hybridized carbons (Fsp3) is 0.389. The lowest BCUT2D eigenvalue weighted by Crippen LogP contribution is -2.55. The van der Waals surface area contributed by atoms with Gasteiger partial charge in [-0.3, -0.25) is 4.90 Å². The predicted octanol–water partition coefficient (Wildman–Crippen LogP) is 3.37. The second-order valence-corrected chi connectivity index (χ2v) is 6.61. The molecule has 0 spiro atoms. The SMILES string of the molecule is Clc1ccnc2c1CC[C@@H]1CN(Cc3ccccc3)CCN21. The number of piperazine rings is 1. The van der Waals surface area contributed by atoms with Crippen LogP contribution >= 0.6 is 11.6 Å². The molecule has 4 heteroatoms. The van der Waals surface area contributed by atoms with Gasteiger partial charge in [0.05, 0.1) is 0 Å². The Labute approximate surface area is 136 Å². The predicted molar refractivity (Wildman–Crippen MR) is 90.4 cm³/mol. The van der Waals surface area contributed by atoms with Crippen LogP contribution in [-0.2, 0) is 13.0 Å². The molecule has 2 aromatic rings. The summed E-state index contributed by atoms with van der Waals surface area (Å²) in [5, 5.41) is 0.871. The van der Waals surface area contributed by atoms with E-state index in [-0.39, 0.29) is 0 Å². The molecule has 0 amide bonds. The summed E-state index contributed by atoms with van der Waals surface area (Å²) in [6, 6.07) is 13.2. The highest BCUT2D eigenvalue weighted by molar-refractivity contribution is 6.31. The van der Waals surface area contributed by atoms with Crippen LogP contribution in [0, 0.1) is 0 Å². The minimum atomic E-state index is 0.566. The average Bonchev–Trinajstić information content (AvgIpc) is 2.56. The Morgan fingerprint density at radius 2 is 2.00 bits per heavy atom. The van der Waals surface area contributed by atoms with E-state index in [9.17, 15) is 0 Å². The monoisotopic (exact) mass is 313 g/mol. The van der Waals surface area contributed by atoms with Gasteiger partial charge in [-0.05, 0) is 24.5 Å². The molecular weight excluding hydrogens is 294 g/mol. The molecule has 2 aliphatic heterocycles. The number of anilines is 1. The van der Waals surface area contributed by atoms with Crippen LogP contribution in [0.1, 0.15) is 17.5 Å². The van der Waals surface area contributed by atoms with Gasteiger partial charge in [-0.25, -0.2) is 4.98 Å². The van der Waals surface area contributed by atoms with Gasteiger partial charge < -0.3 is 4.90 Å². The Morgan fingerprint density at radius 3 is 2.86 bits per heavy atom. The maximum absolute atomic E-state index is 6.33. The fourth-order valence-electron chi connectivity index (χ4n) is 3.68. The van der Waals surface area contributed by atoms with Gasteiger partial charge in [-0.15, -0.1) is 0 Å². The van der Waals surface area contributed by atoms with E-state index in [0.717, 1.165) is 43.4 Å². The van der Waals surface area contributed by atoms with Gasteiger partial charge in [0.1, 0.15) is 5.82 Å². The van der Waals surface area contributed by atoms with Crippen molar-refractivity contribution in [1.82, 2.24) is 9.88 Å². The van der Waals surface area contributed by atoms with Crippen LogP contribution in [0.15, 0.2) is 42.6 Å². The van der Waals surface area contributed by atoms with E-state index >= 15 is 0 Å². The highest BCUT2D eigenvalue weighted by Crippen LogP contribution is 2.34. The molecule has 0 unspecified atom stereocenters. The third kappa shape index (κ3) is 2.59. The molecule has 22 heavy (non-hydrogen) atoms. The van der Waals surface area contributed by atoms with Crippen LogP contribution in [0.3, 0.4) is 0 Å². The maximum atomic E-state index is 6.33. The molecule has 4 rings (SSSR count). The molecule has 1 saturated heterocycles. The van der Waals surface area contributed by atoms with Crippen LogP contribution in [0.25, 0.3) is 0 Å². The number of hydrogen-bond donors (Lipinski definition) is 0. The first-order valence-corrected chi connectivity index (χ1v) is 8.35. The molecule has 1 aromatic carbocycles. The Hall–Kier alpha value is -1.58. The van der Waals surface area contributed by atoms with Crippen molar-refractivity contribution in [2.75, 3.05) is 24.5 Å². The third-order valence-electron chi connectivity index (χ3n) is 4.79. The van der Waals surface area contributed by atoms with Crippen LogP contribution < -0.4 is 4.90 Å². The minimum absolute atomic E-state index is 0.566. The molecule has 2 aliphatic rings. The summed E-state index contributed by atoms with van der Waals surface area (Å²) in [5.74, 6) is 1.11. The van der Waals surface area contributed by atoms with E-state index in [0.29, 0.717) is 6.04 Å². The topological polar surface area (TPSA) is 19.4 Å². The molecule has 3 nitrogen and oxygen atoms in total. The standard InChI is InChI=1S/C18H20ClN3/c19-17-8-9-20-18-16(17)7-6-15-13-21(10-11-22(15)18)12-14-4-2-1-3-5-14/h1-5,8-9,15H,6-7,10-13H2/t15-/m1/s1. The molecule has 0 N–H and O–H groups in total. The van der Waals surface area contributed by atoms with Crippen LogP contribution in [0.2, 0.25) is 5.02 Å². The van der Waals surface area contributed by atoms with E-state index < -0.39 is 0 Å². The molecule has 114 valence electrons. The highest BCUT2D eigenvalue weighted by Gasteiger charge is 2.33. The first kappa shape index (κ1) is 14.0. The minimum Gasteiger partial charge on any atom is -0.351 e. The normalized spacial score (nSPS) is 21.3. The summed E-state index contributed by atoms with van der Waals surface area (Å²) in [6.07, 6.45) is 4.05. The lowest BCUT2D eigenvalue weighted by atomic mass is 9.96. The van der Waals surface area contributed by atoms with Crippen LogP contribution in [0.4, 0.5) is 5.82 Å². The largest absolute Gasteiger partial charge is 0.351 e. The van der Waals surface area contributed by atoms with Crippen molar-refractivity contribution in [2.24, 2.45) is 0 Å². The zero-order chi connectivity index (χ0) is 14.9. The van der Waals surface area contributed by atoms with Crippen LogP contribution in [0.5, 0.6) is 0 Å². The van der Waals surface area contributed by atoms with E-state index in [1.807, 2.05) is 12.3 Å². The Morgan fingerprint density at radius 1 is 1.14 bits per heavy atom. The zero-order valence-electron chi connectivity index (χ0n) is 12.6. The second-order valence-electron chi connectivity index (χ2n) is 6.20.